The summed E-state index contributed by atoms with van der Waals surface area (Å²) in [6.07, 6.45) is 0. The summed E-state index contributed by atoms with van der Waals surface area (Å²) >= 11 is 0. The molecular formula is C17H29N. The van der Waals surface area contributed by atoms with Gasteiger partial charge in [-0.15, -0.1) is 0 Å². The highest BCUT2D eigenvalue weighted by Gasteiger charge is 2.20. The zero-order valence-electron chi connectivity index (χ0n) is 13.7. The normalized spacial score (nSPS) is 12.3. The molecule has 1 rings (SSSR count). The second-order valence-electron chi connectivity index (χ2n) is 6.63. The molecule has 0 aliphatic heterocycles. The Bertz CT molecular complexity index is 421. The summed E-state index contributed by atoms with van der Waals surface area (Å²) in [5.74, 6) is 0. The van der Waals surface area contributed by atoms with E-state index in [0.29, 0.717) is 0 Å². The quantitative estimate of drug-likeness (QED) is 0.746. The van der Waals surface area contributed by atoms with Gasteiger partial charge >= 0.3 is 0 Å². The van der Waals surface area contributed by atoms with Crippen LogP contribution in [0.25, 0.3) is 0 Å². The smallest absolute Gasteiger partial charge is 0.0241 e. The van der Waals surface area contributed by atoms with Gasteiger partial charge in [0.1, 0.15) is 0 Å². The summed E-state index contributed by atoms with van der Waals surface area (Å²) in [6, 6.07) is 0. The minimum absolute atomic E-state index is 0.214. The van der Waals surface area contributed by atoms with Crippen LogP contribution >= 0.6 is 0 Å². The van der Waals surface area contributed by atoms with Crippen molar-refractivity contribution in [2.24, 2.45) is 0 Å². The average molecular weight is 247 g/mol. The van der Waals surface area contributed by atoms with E-state index in [1.54, 1.807) is 0 Å². The van der Waals surface area contributed by atoms with Gasteiger partial charge in [-0.1, -0.05) is 0 Å². The molecule has 0 N–H and O–H groups in total. The van der Waals surface area contributed by atoms with E-state index in [4.69, 9.17) is 0 Å². The van der Waals surface area contributed by atoms with E-state index in [1.165, 1.54) is 33.4 Å². The second kappa shape index (κ2) is 5.05. The first kappa shape index (κ1) is 15.2. The lowest BCUT2D eigenvalue weighted by atomic mass is 9.89. The van der Waals surface area contributed by atoms with Crippen molar-refractivity contribution in [3.8, 4) is 0 Å². The molecule has 0 saturated heterocycles. The summed E-state index contributed by atoms with van der Waals surface area (Å²) in [5.41, 5.74) is 9.01. The second-order valence-corrected chi connectivity index (χ2v) is 6.63. The maximum absolute atomic E-state index is 2.43. The Morgan fingerprint density at radius 2 is 1.06 bits per heavy atom. The van der Waals surface area contributed by atoms with Gasteiger partial charge in [0, 0.05) is 12.1 Å². The number of benzene rings is 1. The molecule has 0 bridgehead atoms. The van der Waals surface area contributed by atoms with Gasteiger partial charge in [0.15, 0.2) is 0 Å². The third kappa shape index (κ3) is 2.77. The van der Waals surface area contributed by atoms with Gasteiger partial charge in [-0.3, -0.25) is 4.90 Å². The average Bonchev–Trinajstić information content (AvgIpc) is 2.28. The maximum atomic E-state index is 2.43. The third-order valence-electron chi connectivity index (χ3n) is 4.70. The van der Waals surface area contributed by atoms with Gasteiger partial charge in [0.2, 0.25) is 0 Å². The van der Waals surface area contributed by atoms with Crippen molar-refractivity contribution in [3.63, 3.8) is 0 Å². The highest BCUT2D eigenvalue weighted by Crippen LogP contribution is 2.28. The number of hydrogen-bond acceptors (Lipinski definition) is 1. The van der Waals surface area contributed by atoms with Crippen molar-refractivity contribution in [2.45, 2.75) is 67.5 Å². The van der Waals surface area contributed by atoms with Crippen molar-refractivity contribution < 1.29 is 0 Å². The molecule has 0 saturated carbocycles. The zero-order valence-corrected chi connectivity index (χ0v) is 13.7. The van der Waals surface area contributed by atoms with E-state index in [2.05, 4.69) is 67.3 Å². The maximum Gasteiger partial charge on any atom is 0.0241 e. The lowest BCUT2D eigenvalue weighted by molar-refractivity contribution is 0.167. The van der Waals surface area contributed by atoms with Crippen LogP contribution in [0.3, 0.4) is 0 Å². The summed E-state index contributed by atoms with van der Waals surface area (Å²) in [6.45, 7) is 19.1. The van der Waals surface area contributed by atoms with Crippen molar-refractivity contribution in [1.29, 1.82) is 0 Å². The van der Waals surface area contributed by atoms with Crippen LogP contribution in [0.1, 0.15) is 54.2 Å². The molecule has 1 aromatic rings. The molecule has 0 heterocycles. The number of rotatable bonds is 2. The largest absolute Gasteiger partial charge is 0.297 e. The molecular weight excluding hydrogens is 218 g/mol. The van der Waals surface area contributed by atoms with Crippen molar-refractivity contribution in [2.75, 3.05) is 7.05 Å². The fraction of sp³-hybridized carbons (Fsp3) is 0.647. The van der Waals surface area contributed by atoms with Gasteiger partial charge in [-0.25, -0.2) is 0 Å². The first-order valence-corrected chi connectivity index (χ1v) is 6.84. The minimum Gasteiger partial charge on any atom is -0.297 e. The molecule has 0 amide bonds. The SMILES string of the molecule is Cc1c(C)c(C)c(CN(C)C(C)(C)C)c(C)c1C. The summed E-state index contributed by atoms with van der Waals surface area (Å²) in [7, 11) is 2.21. The Morgan fingerprint density at radius 1 is 0.722 bits per heavy atom. The highest BCUT2D eigenvalue weighted by molar-refractivity contribution is 5.49. The van der Waals surface area contributed by atoms with E-state index >= 15 is 0 Å². The minimum atomic E-state index is 0.214. The van der Waals surface area contributed by atoms with E-state index in [-0.39, 0.29) is 5.54 Å². The molecule has 1 aromatic carbocycles. The molecule has 0 aromatic heterocycles. The Kier molecular flexibility index (Phi) is 4.27. The van der Waals surface area contributed by atoms with Crippen LogP contribution in [0.2, 0.25) is 0 Å². The molecule has 18 heavy (non-hydrogen) atoms. The molecule has 0 radical (unpaired) electrons. The Balaban J connectivity index is 3.26. The van der Waals surface area contributed by atoms with Gasteiger partial charge in [-0.05, 0) is 95.8 Å². The van der Waals surface area contributed by atoms with Crippen LogP contribution in [-0.2, 0) is 6.54 Å². The Hall–Kier alpha value is -0.820. The van der Waals surface area contributed by atoms with E-state index < -0.39 is 0 Å². The molecule has 0 aliphatic carbocycles. The summed E-state index contributed by atoms with van der Waals surface area (Å²) in [4.78, 5) is 2.43. The monoisotopic (exact) mass is 247 g/mol. The van der Waals surface area contributed by atoms with Crippen LogP contribution in [0, 0.1) is 34.6 Å². The molecule has 0 spiro atoms. The topological polar surface area (TPSA) is 3.24 Å². The molecule has 0 fully saturated rings. The van der Waals surface area contributed by atoms with Gasteiger partial charge < -0.3 is 0 Å². The van der Waals surface area contributed by atoms with E-state index in [0.717, 1.165) is 6.54 Å². The van der Waals surface area contributed by atoms with E-state index in [1.807, 2.05) is 0 Å². The fourth-order valence-corrected chi connectivity index (χ4v) is 2.29. The first-order valence-electron chi connectivity index (χ1n) is 6.84. The predicted molar refractivity (Wildman–Crippen MR) is 81.3 cm³/mol. The molecule has 0 unspecified atom stereocenters. The first-order chi connectivity index (χ1) is 8.07. The Labute approximate surface area is 113 Å². The van der Waals surface area contributed by atoms with Crippen LogP contribution in [0.15, 0.2) is 0 Å². The van der Waals surface area contributed by atoms with E-state index in [9.17, 15) is 0 Å². The predicted octanol–water partition coefficient (Wildman–Crippen LogP) is 4.46. The van der Waals surface area contributed by atoms with Crippen LogP contribution < -0.4 is 0 Å². The highest BCUT2D eigenvalue weighted by atomic mass is 15.2. The molecule has 1 heteroatoms. The fourth-order valence-electron chi connectivity index (χ4n) is 2.29. The van der Waals surface area contributed by atoms with Gasteiger partial charge in [0.25, 0.3) is 0 Å². The van der Waals surface area contributed by atoms with Gasteiger partial charge in [-0.2, -0.15) is 0 Å². The van der Waals surface area contributed by atoms with Crippen molar-refractivity contribution >= 4 is 0 Å². The molecule has 0 aliphatic rings. The van der Waals surface area contributed by atoms with Crippen LogP contribution in [0.4, 0.5) is 0 Å². The lowest BCUT2D eigenvalue weighted by Crippen LogP contribution is -2.37. The van der Waals surface area contributed by atoms with Crippen molar-refractivity contribution in [3.05, 3.63) is 33.4 Å². The Morgan fingerprint density at radius 3 is 1.39 bits per heavy atom. The van der Waals surface area contributed by atoms with Crippen molar-refractivity contribution in [1.82, 2.24) is 4.90 Å². The zero-order chi connectivity index (χ0) is 14.2. The molecule has 0 atom stereocenters. The number of hydrogen-bond donors (Lipinski definition) is 0. The molecule has 102 valence electrons. The van der Waals surface area contributed by atoms with Gasteiger partial charge in [0.05, 0.1) is 0 Å². The lowest BCUT2D eigenvalue weighted by Gasteiger charge is -2.33. The van der Waals surface area contributed by atoms with Crippen LogP contribution in [0.5, 0.6) is 0 Å². The summed E-state index contributed by atoms with van der Waals surface area (Å²) in [5, 5.41) is 0. The summed E-state index contributed by atoms with van der Waals surface area (Å²) < 4.78 is 0. The third-order valence-corrected chi connectivity index (χ3v) is 4.70. The number of nitrogens with zero attached hydrogens (tertiary/aromatic N) is 1. The molecule has 1 nitrogen and oxygen atoms in total. The standard InChI is InChI=1S/C17H29N/c1-11-12(2)14(4)16(15(5)13(11)3)10-18(9)17(6,7)8/h10H2,1-9H3. The van der Waals surface area contributed by atoms with Crippen LogP contribution in [-0.4, -0.2) is 17.5 Å².